The molecule has 0 aromatic heterocycles. The fourth-order valence-electron chi connectivity index (χ4n) is 3.74. The molecule has 1 fully saturated rings. The lowest BCUT2D eigenvalue weighted by atomic mass is 9.94. The Kier molecular flexibility index (Phi) is 7.58. The van der Waals surface area contributed by atoms with Gasteiger partial charge < -0.3 is 14.8 Å². The Morgan fingerprint density at radius 1 is 1.00 bits per heavy atom. The molecule has 1 heterocycles. The second-order valence-electron chi connectivity index (χ2n) is 7.85. The van der Waals surface area contributed by atoms with E-state index < -0.39 is 47.5 Å². The van der Waals surface area contributed by atoms with Crippen LogP contribution in [0.1, 0.15) is 24.8 Å². The van der Waals surface area contributed by atoms with Crippen LogP contribution in [0.2, 0.25) is 0 Å². The molecule has 1 amide bonds. The van der Waals surface area contributed by atoms with Crippen LogP contribution in [0.3, 0.4) is 0 Å². The predicted octanol–water partition coefficient (Wildman–Crippen LogP) is 2.26. The van der Waals surface area contributed by atoms with Crippen LogP contribution in [0.5, 0.6) is 0 Å². The Hall–Kier alpha value is -2.64. The van der Waals surface area contributed by atoms with Gasteiger partial charge in [-0.15, -0.1) is 0 Å². The van der Waals surface area contributed by atoms with Crippen molar-refractivity contribution >= 4 is 26.0 Å². The van der Waals surface area contributed by atoms with Crippen molar-refractivity contribution in [3.63, 3.8) is 0 Å². The maximum absolute atomic E-state index is 13.5. The van der Waals surface area contributed by atoms with E-state index in [0.29, 0.717) is 25.0 Å². The summed E-state index contributed by atoms with van der Waals surface area (Å²) in [5.41, 5.74) is -1.48. The van der Waals surface area contributed by atoms with Crippen LogP contribution in [0.4, 0.5) is 18.0 Å². The Morgan fingerprint density at radius 2 is 1.62 bits per heavy atom. The summed E-state index contributed by atoms with van der Waals surface area (Å²) >= 11 is 0. The number of carbonyl (C=O) groups is 1. The van der Waals surface area contributed by atoms with Crippen molar-refractivity contribution in [3.05, 3.63) is 54.1 Å². The third-order valence-electron chi connectivity index (χ3n) is 5.63. The van der Waals surface area contributed by atoms with E-state index in [2.05, 4.69) is 4.72 Å². The second kappa shape index (κ2) is 9.92. The van der Waals surface area contributed by atoms with Gasteiger partial charge in [-0.25, -0.2) is 21.6 Å². The molecule has 1 aliphatic heterocycles. The van der Waals surface area contributed by atoms with E-state index in [9.17, 15) is 39.9 Å². The van der Waals surface area contributed by atoms with Crippen LogP contribution in [0.25, 0.3) is 0 Å². The number of rotatable bonds is 7. The molecule has 2 aromatic carbocycles. The molecule has 0 saturated carbocycles. The molecule has 8 nitrogen and oxygen atoms in total. The average Bonchev–Trinajstić information content (AvgIpc) is 2.79. The summed E-state index contributed by atoms with van der Waals surface area (Å²) in [6.45, 7) is 0.278. The summed E-state index contributed by atoms with van der Waals surface area (Å²) in [5.74, 6) is -0.0230. The summed E-state index contributed by atoms with van der Waals surface area (Å²) in [6, 6.07) is 8.65. The first-order valence-electron chi connectivity index (χ1n) is 10.3. The highest BCUT2D eigenvalue weighted by molar-refractivity contribution is 7.91. The number of hydrogen-bond acceptors (Lipinski definition) is 6. The minimum absolute atomic E-state index is 0.0230. The zero-order chi connectivity index (χ0) is 25.1. The number of halogens is 3. The molecule has 1 aliphatic rings. The number of sulfone groups is 1. The number of nitrogens with zero attached hydrogens (tertiary/aromatic N) is 1. The molecule has 2 aromatic rings. The van der Waals surface area contributed by atoms with E-state index in [4.69, 9.17) is 0 Å². The van der Waals surface area contributed by atoms with Crippen LogP contribution in [0.15, 0.2) is 63.2 Å². The first kappa shape index (κ1) is 26.0. The van der Waals surface area contributed by atoms with Gasteiger partial charge in [-0.2, -0.15) is 13.2 Å². The Labute approximate surface area is 195 Å². The maximum Gasteiger partial charge on any atom is 0.417 e. The van der Waals surface area contributed by atoms with Crippen LogP contribution < -0.4 is 9.83 Å². The van der Waals surface area contributed by atoms with E-state index in [1.54, 1.807) is 6.07 Å². The van der Waals surface area contributed by atoms with Gasteiger partial charge in [0.2, 0.25) is 19.9 Å². The lowest BCUT2D eigenvalue weighted by molar-refractivity contribution is -0.266. The number of hydrogen-bond donors (Lipinski definition) is 1. The first-order valence-corrected chi connectivity index (χ1v) is 13.3. The minimum Gasteiger partial charge on any atom is -0.530 e. The van der Waals surface area contributed by atoms with Gasteiger partial charge in [0.25, 0.3) is 0 Å². The molecule has 0 unspecified atom stereocenters. The third kappa shape index (κ3) is 5.88. The van der Waals surface area contributed by atoms with Crippen LogP contribution in [-0.4, -0.2) is 47.5 Å². The van der Waals surface area contributed by atoms with Gasteiger partial charge in [0.15, 0.2) is 0 Å². The lowest BCUT2D eigenvalue weighted by Gasteiger charge is -2.33. The molecule has 0 bridgehead atoms. The number of sulfonamides is 1. The number of carboxylic acid groups (broad SMARTS) is 1. The maximum atomic E-state index is 13.5. The number of benzene rings is 2. The number of likely N-dealkylation sites (tertiary alicyclic amines) is 1. The van der Waals surface area contributed by atoms with E-state index in [1.807, 2.05) is 0 Å². The molecular formula is C21H22F3N2O6S2-. The van der Waals surface area contributed by atoms with Crippen molar-refractivity contribution in [1.29, 1.82) is 0 Å². The van der Waals surface area contributed by atoms with Crippen molar-refractivity contribution in [1.82, 2.24) is 9.62 Å². The minimum atomic E-state index is -5.03. The molecule has 0 spiro atoms. The van der Waals surface area contributed by atoms with Crippen molar-refractivity contribution in [2.75, 3.05) is 19.6 Å². The molecule has 0 aliphatic carbocycles. The number of nitrogens with one attached hydrogen (secondary N) is 1. The second-order valence-corrected chi connectivity index (χ2v) is 11.5. The van der Waals surface area contributed by atoms with E-state index >= 15 is 0 Å². The summed E-state index contributed by atoms with van der Waals surface area (Å²) in [7, 11) is -8.96. The van der Waals surface area contributed by atoms with E-state index in [-0.39, 0.29) is 36.9 Å². The summed E-state index contributed by atoms with van der Waals surface area (Å²) in [6.07, 6.45) is -5.10. The highest BCUT2D eigenvalue weighted by atomic mass is 32.2. The predicted molar refractivity (Wildman–Crippen MR) is 113 cm³/mol. The number of alkyl halides is 3. The van der Waals surface area contributed by atoms with Crippen molar-refractivity contribution in [2.24, 2.45) is 5.92 Å². The largest absolute Gasteiger partial charge is 0.530 e. The molecule has 0 radical (unpaired) electrons. The van der Waals surface area contributed by atoms with Gasteiger partial charge in [0, 0.05) is 19.6 Å². The molecule has 0 atom stereocenters. The van der Waals surface area contributed by atoms with Gasteiger partial charge in [0.1, 0.15) is 6.09 Å². The van der Waals surface area contributed by atoms with Crippen molar-refractivity contribution in [3.8, 4) is 0 Å². The van der Waals surface area contributed by atoms with Crippen molar-refractivity contribution in [2.45, 2.75) is 40.1 Å². The highest BCUT2D eigenvalue weighted by Crippen LogP contribution is 2.36. The molecule has 34 heavy (non-hydrogen) atoms. The standard InChI is InChI=1S/C21H23F3N2O6S2/c22-21(23,24)18-7-6-17(33(29,30)16-4-2-1-3-5-16)14-19(18)34(31,32)25-11-8-15-9-12-26(13-10-15)20(27)28/h1-7,14-15,25H,8-13H2,(H,27,28)/p-1. The van der Waals surface area contributed by atoms with E-state index in [0.717, 1.165) is 11.0 Å². The number of amides is 1. The van der Waals surface area contributed by atoms with Gasteiger partial charge in [-0.05, 0) is 55.5 Å². The normalized spacial score (nSPS) is 15.9. The zero-order valence-corrected chi connectivity index (χ0v) is 19.4. The quantitative estimate of drug-likeness (QED) is 0.599. The smallest absolute Gasteiger partial charge is 0.417 e. The Bertz CT molecular complexity index is 1240. The number of piperidine rings is 1. The van der Waals surface area contributed by atoms with Gasteiger partial charge in [-0.1, -0.05) is 18.2 Å². The monoisotopic (exact) mass is 519 g/mol. The van der Waals surface area contributed by atoms with Crippen LogP contribution in [0, 0.1) is 5.92 Å². The fourth-order valence-corrected chi connectivity index (χ4v) is 6.42. The lowest BCUT2D eigenvalue weighted by Crippen LogP contribution is -2.45. The van der Waals surface area contributed by atoms with Crippen LogP contribution in [-0.2, 0) is 26.0 Å². The Balaban J connectivity index is 1.83. The SMILES string of the molecule is O=C([O-])N1CCC(CCNS(=O)(=O)c2cc(S(=O)(=O)c3ccccc3)ccc2C(F)(F)F)CC1. The van der Waals surface area contributed by atoms with Gasteiger partial charge in [0.05, 0.1) is 20.2 Å². The molecule has 186 valence electrons. The first-order chi connectivity index (χ1) is 15.8. The summed E-state index contributed by atoms with van der Waals surface area (Å²) in [4.78, 5) is 10.0. The van der Waals surface area contributed by atoms with Crippen molar-refractivity contribution < 1.29 is 39.9 Å². The average molecular weight is 520 g/mol. The summed E-state index contributed by atoms with van der Waals surface area (Å²) < 4.78 is 94.0. The van der Waals surface area contributed by atoms with Crippen LogP contribution >= 0.6 is 0 Å². The zero-order valence-electron chi connectivity index (χ0n) is 17.8. The summed E-state index contributed by atoms with van der Waals surface area (Å²) in [5, 5.41) is 10.9. The Morgan fingerprint density at radius 3 is 2.18 bits per heavy atom. The molecule has 3 rings (SSSR count). The van der Waals surface area contributed by atoms with E-state index in [1.165, 1.54) is 24.3 Å². The fraction of sp³-hybridized carbons (Fsp3) is 0.381. The molecule has 1 saturated heterocycles. The third-order valence-corrected chi connectivity index (χ3v) is 8.90. The molecule has 13 heteroatoms. The van der Waals surface area contributed by atoms with Gasteiger partial charge >= 0.3 is 6.18 Å². The number of carbonyl (C=O) groups excluding carboxylic acids is 1. The van der Waals surface area contributed by atoms with Gasteiger partial charge in [-0.3, -0.25) is 0 Å². The molecular weight excluding hydrogens is 497 g/mol. The topological polar surface area (TPSA) is 124 Å². The highest BCUT2D eigenvalue weighted by Gasteiger charge is 2.38. The molecule has 1 N–H and O–H groups in total.